The van der Waals surface area contributed by atoms with E-state index in [1.807, 2.05) is 13.8 Å². The molecular weight excluding hydrogens is 206 g/mol. The summed E-state index contributed by atoms with van der Waals surface area (Å²) >= 11 is 3.23. The summed E-state index contributed by atoms with van der Waals surface area (Å²) in [6, 6.07) is 1.77. The zero-order chi connectivity index (χ0) is 8.69. The fraction of sp³-hybridized carbons (Fsp3) is 0.375. The maximum atomic E-state index is 8.66. The summed E-state index contributed by atoms with van der Waals surface area (Å²) in [5.74, 6) is 0. The number of aliphatic hydroxyl groups is 1. The minimum atomic E-state index is 0.0586. The van der Waals surface area contributed by atoms with Crippen LogP contribution >= 0.6 is 15.9 Å². The first-order chi connectivity index (χ1) is 5.34. The number of hydrogen-bond donors (Lipinski definition) is 1. The minimum Gasteiger partial charge on any atom is -0.392 e. The molecule has 0 saturated heterocycles. The van der Waals surface area contributed by atoms with Crippen molar-refractivity contribution in [2.75, 3.05) is 0 Å². The van der Waals surface area contributed by atoms with Gasteiger partial charge >= 0.3 is 0 Å². The summed E-state index contributed by atoms with van der Waals surface area (Å²) in [6.45, 7) is 4.06. The fourth-order valence-electron chi connectivity index (χ4n) is 0.532. The summed E-state index contributed by atoms with van der Waals surface area (Å²) in [7, 11) is 0. The zero-order valence-corrected chi connectivity index (χ0v) is 8.30. The number of hydrogen-bond acceptors (Lipinski definition) is 2. The summed E-state index contributed by atoms with van der Waals surface area (Å²) < 4.78 is 0.854. The van der Waals surface area contributed by atoms with Crippen molar-refractivity contribution in [3.8, 4) is 0 Å². The number of aromatic nitrogens is 1. The monoisotopic (exact) mass is 217 g/mol. The highest BCUT2D eigenvalue weighted by Gasteiger charge is 1.93. The molecule has 0 unspecified atom stereocenters. The van der Waals surface area contributed by atoms with Gasteiger partial charge in [0.2, 0.25) is 0 Å². The van der Waals surface area contributed by atoms with E-state index >= 15 is 0 Å². The van der Waals surface area contributed by atoms with Gasteiger partial charge in [-0.25, -0.2) is 0 Å². The van der Waals surface area contributed by atoms with E-state index in [-0.39, 0.29) is 6.61 Å². The molecule has 62 valence electrons. The van der Waals surface area contributed by atoms with Crippen molar-refractivity contribution in [3.63, 3.8) is 0 Å². The van der Waals surface area contributed by atoms with Crippen LogP contribution in [0.2, 0.25) is 0 Å². The van der Waals surface area contributed by atoms with Crippen LogP contribution in [0.25, 0.3) is 0 Å². The first kappa shape index (κ1) is 10.6. The molecule has 3 heteroatoms. The number of nitrogens with zero attached hydrogens (tertiary/aromatic N) is 1. The van der Waals surface area contributed by atoms with Crippen molar-refractivity contribution in [1.82, 2.24) is 4.98 Å². The molecule has 0 radical (unpaired) electrons. The lowest BCUT2D eigenvalue weighted by atomic mass is 10.3. The van der Waals surface area contributed by atoms with Crippen LogP contribution in [0.4, 0.5) is 0 Å². The van der Waals surface area contributed by atoms with Gasteiger partial charge in [-0.05, 0) is 27.6 Å². The van der Waals surface area contributed by atoms with Crippen molar-refractivity contribution >= 4 is 15.9 Å². The number of aliphatic hydroxyl groups excluding tert-OH is 1. The third kappa shape index (κ3) is 3.49. The van der Waals surface area contributed by atoms with E-state index in [1.54, 1.807) is 18.5 Å². The molecule has 0 bridgehead atoms. The van der Waals surface area contributed by atoms with Crippen molar-refractivity contribution in [1.29, 1.82) is 0 Å². The van der Waals surface area contributed by atoms with Crippen LogP contribution in [0, 0.1) is 0 Å². The molecule has 0 saturated carbocycles. The molecule has 1 aromatic rings. The van der Waals surface area contributed by atoms with E-state index in [0.717, 1.165) is 10.0 Å². The molecule has 1 rings (SSSR count). The van der Waals surface area contributed by atoms with E-state index in [1.165, 1.54) is 0 Å². The highest BCUT2D eigenvalue weighted by atomic mass is 79.9. The van der Waals surface area contributed by atoms with E-state index in [9.17, 15) is 0 Å². The van der Waals surface area contributed by atoms with E-state index in [4.69, 9.17) is 5.11 Å². The molecule has 0 aromatic carbocycles. The molecule has 1 aromatic heterocycles. The topological polar surface area (TPSA) is 33.1 Å². The molecule has 0 amide bonds. The van der Waals surface area contributed by atoms with Crippen LogP contribution in [0.5, 0.6) is 0 Å². The largest absolute Gasteiger partial charge is 0.392 e. The molecule has 1 N–H and O–H groups in total. The van der Waals surface area contributed by atoms with Gasteiger partial charge in [-0.3, -0.25) is 4.98 Å². The number of pyridine rings is 1. The second-order valence-corrected chi connectivity index (χ2v) is 2.48. The number of halogens is 1. The zero-order valence-electron chi connectivity index (χ0n) is 6.71. The lowest BCUT2D eigenvalue weighted by Crippen LogP contribution is -1.84. The first-order valence-electron chi connectivity index (χ1n) is 3.54. The molecule has 0 aliphatic heterocycles. The Kier molecular flexibility index (Phi) is 6.07. The van der Waals surface area contributed by atoms with Crippen LogP contribution in [0.1, 0.15) is 19.4 Å². The van der Waals surface area contributed by atoms with Crippen LogP contribution in [0.3, 0.4) is 0 Å². The molecule has 11 heavy (non-hydrogen) atoms. The third-order valence-electron chi connectivity index (χ3n) is 1.03. The van der Waals surface area contributed by atoms with E-state index < -0.39 is 0 Å². The smallest absolute Gasteiger partial charge is 0.0693 e. The van der Waals surface area contributed by atoms with Gasteiger partial charge in [-0.1, -0.05) is 13.8 Å². The highest BCUT2D eigenvalue weighted by molar-refractivity contribution is 9.10. The standard InChI is InChI=1S/C6H6BrNO.C2H6/c7-6-3-8-2-1-5(6)4-9;1-2/h1-3,9H,4H2;1-2H3. The summed E-state index contributed by atoms with van der Waals surface area (Å²) in [5, 5.41) is 8.66. The minimum absolute atomic E-state index is 0.0586. The Balaban J connectivity index is 0.000000461. The average molecular weight is 218 g/mol. The Hall–Kier alpha value is -0.410. The van der Waals surface area contributed by atoms with E-state index in [2.05, 4.69) is 20.9 Å². The van der Waals surface area contributed by atoms with Crippen LogP contribution < -0.4 is 0 Å². The SMILES string of the molecule is CC.OCc1ccncc1Br. The average Bonchev–Trinajstić information content (AvgIpc) is 2.09. The van der Waals surface area contributed by atoms with Gasteiger partial charge in [-0.2, -0.15) is 0 Å². The molecule has 0 fully saturated rings. The predicted molar refractivity (Wildman–Crippen MR) is 49.2 cm³/mol. The van der Waals surface area contributed by atoms with Gasteiger partial charge in [-0.15, -0.1) is 0 Å². The molecule has 2 nitrogen and oxygen atoms in total. The quantitative estimate of drug-likeness (QED) is 0.784. The summed E-state index contributed by atoms with van der Waals surface area (Å²) in [6.07, 6.45) is 3.31. The Bertz CT molecular complexity index is 203. The molecular formula is C8H12BrNO. The van der Waals surface area contributed by atoms with Gasteiger partial charge in [0.15, 0.2) is 0 Å². The Morgan fingerprint density at radius 2 is 2.18 bits per heavy atom. The first-order valence-corrected chi connectivity index (χ1v) is 4.33. The van der Waals surface area contributed by atoms with Gasteiger partial charge in [0.1, 0.15) is 0 Å². The van der Waals surface area contributed by atoms with Gasteiger partial charge in [0.25, 0.3) is 0 Å². The van der Waals surface area contributed by atoms with Gasteiger partial charge < -0.3 is 5.11 Å². The maximum absolute atomic E-state index is 8.66. The van der Waals surface area contributed by atoms with Crippen molar-refractivity contribution in [3.05, 3.63) is 28.5 Å². The maximum Gasteiger partial charge on any atom is 0.0693 e. The second kappa shape index (κ2) is 6.31. The Morgan fingerprint density at radius 1 is 1.55 bits per heavy atom. The summed E-state index contributed by atoms with van der Waals surface area (Å²) in [5.41, 5.74) is 0.866. The molecule has 0 atom stereocenters. The van der Waals surface area contributed by atoms with Crippen LogP contribution in [-0.4, -0.2) is 10.1 Å². The second-order valence-electron chi connectivity index (χ2n) is 1.63. The third-order valence-corrected chi connectivity index (χ3v) is 1.74. The van der Waals surface area contributed by atoms with Crippen LogP contribution in [-0.2, 0) is 6.61 Å². The predicted octanol–water partition coefficient (Wildman–Crippen LogP) is 2.36. The number of rotatable bonds is 1. The van der Waals surface area contributed by atoms with Crippen molar-refractivity contribution in [2.45, 2.75) is 20.5 Å². The molecule has 0 aliphatic carbocycles. The van der Waals surface area contributed by atoms with Gasteiger partial charge in [0, 0.05) is 16.9 Å². The molecule has 0 aliphatic rings. The van der Waals surface area contributed by atoms with Gasteiger partial charge in [0.05, 0.1) is 6.61 Å². The molecule has 0 spiro atoms. The summed E-state index contributed by atoms with van der Waals surface area (Å²) in [4.78, 5) is 3.83. The highest BCUT2D eigenvalue weighted by Crippen LogP contribution is 2.13. The van der Waals surface area contributed by atoms with Crippen molar-refractivity contribution in [2.24, 2.45) is 0 Å². The Labute approximate surface area is 75.4 Å². The lowest BCUT2D eigenvalue weighted by Gasteiger charge is -1.95. The van der Waals surface area contributed by atoms with Crippen LogP contribution in [0.15, 0.2) is 22.9 Å². The molecule has 1 heterocycles. The lowest BCUT2D eigenvalue weighted by molar-refractivity contribution is 0.281. The fourth-order valence-corrected chi connectivity index (χ4v) is 0.908. The normalized spacial score (nSPS) is 8.36. The Morgan fingerprint density at radius 3 is 2.55 bits per heavy atom. The van der Waals surface area contributed by atoms with Crippen molar-refractivity contribution < 1.29 is 5.11 Å². The van der Waals surface area contributed by atoms with E-state index in [0.29, 0.717) is 0 Å².